The Morgan fingerprint density at radius 2 is 2.00 bits per heavy atom. The van der Waals surface area contributed by atoms with Crippen LogP contribution >= 0.6 is 0 Å². The molecular weight excluding hydrogens is 354 g/mol. The second kappa shape index (κ2) is 9.17. The van der Waals surface area contributed by atoms with Gasteiger partial charge in [-0.25, -0.2) is 0 Å². The van der Waals surface area contributed by atoms with Gasteiger partial charge in [-0.05, 0) is 36.6 Å². The van der Waals surface area contributed by atoms with Gasteiger partial charge >= 0.3 is 0 Å². The van der Waals surface area contributed by atoms with Crippen molar-refractivity contribution in [1.82, 2.24) is 9.88 Å². The van der Waals surface area contributed by atoms with Gasteiger partial charge in [-0.2, -0.15) is 0 Å². The van der Waals surface area contributed by atoms with Crippen LogP contribution in [0.2, 0.25) is 0 Å². The van der Waals surface area contributed by atoms with Gasteiger partial charge in [-0.15, -0.1) is 0 Å². The molecule has 2 saturated heterocycles. The number of morpholine rings is 1. The van der Waals surface area contributed by atoms with E-state index in [2.05, 4.69) is 9.88 Å². The summed E-state index contributed by atoms with van der Waals surface area (Å²) in [6, 6.07) is 11.8. The van der Waals surface area contributed by atoms with Gasteiger partial charge in [-0.3, -0.25) is 9.78 Å². The van der Waals surface area contributed by atoms with Gasteiger partial charge in [0.1, 0.15) is 0 Å². The zero-order chi connectivity index (χ0) is 19.2. The number of nitrogens with zero attached hydrogens (tertiary/aromatic N) is 3. The molecule has 0 bridgehead atoms. The molecule has 0 aliphatic carbocycles. The summed E-state index contributed by atoms with van der Waals surface area (Å²) >= 11 is 0. The number of pyridine rings is 1. The number of ether oxygens (including phenoxy) is 2. The minimum atomic E-state index is 0.0634. The second-order valence-corrected chi connectivity index (χ2v) is 7.30. The third kappa shape index (κ3) is 4.51. The van der Waals surface area contributed by atoms with E-state index in [1.165, 1.54) is 0 Å². The number of amides is 1. The number of aromatic nitrogens is 1. The standard InChI is InChI=1S/C22H27N3O3/c26-22(20-7-1-2-8-21(20)24-11-13-27-14-12-24)25-10-4-6-19(16-25)28-17-18-5-3-9-23-15-18/h1-3,5,7-9,15,19H,4,6,10-14,16-17H2. The Bertz CT molecular complexity index is 778. The van der Waals surface area contributed by atoms with Crippen LogP contribution in [-0.2, 0) is 16.1 Å². The van der Waals surface area contributed by atoms with Gasteiger partial charge in [0.15, 0.2) is 0 Å². The molecule has 4 rings (SSSR count). The number of benzene rings is 1. The predicted octanol–water partition coefficient (Wildman–Crippen LogP) is 2.74. The molecule has 1 amide bonds. The largest absolute Gasteiger partial charge is 0.378 e. The summed E-state index contributed by atoms with van der Waals surface area (Å²) in [5.74, 6) is 0.0942. The molecule has 6 nitrogen and oxygen atoms in total. The van der Waals surface area contributed by atoms with E-state index in [1.54, 1.807) is 6.20 Å². The number of anilines is 1. The van der Waals surface area contributed by atoms with Crippen molar-refractivity contribution in [2.75, 3.05) is 44.3 Å². The van der Waals surface area contributed by atoms with Crippen LogP contribution in [0.1, 0.15) is 28.8 Å². The zero-order valence-corrected chi connectivity index (χ0v) is 16.1. The third-order valence-corrected chi connectivity index (χ3v) is 5.36. The van der Waals surface area contributed by atoms with E-state index < -0.39 is 0 Å². The Labute approximate surface area is 166 Å². The molecule has 0 spiro atoms. The monoisotopic (exact) mass is 381 g/mol. The molecule has 2 aliphatic heterocycles. The van der Waals surface area contributed by atoms with E-state index in [0.29, 0.717) is 26.4 Å². The maximum Gasteiger partial charge on any atom is 0.256 e. The quantitative estimate of drug-likeness (QED) is 0.797. The Kier molecular flexibility index (Phi) is 6.19. The van der Waals surface area contributed by atoms with E-state index in [9.17, 15) is 4.79 Å². The number of carbonyl (C=O) groups excluding carboxylic acids is 1. The molecule has 28 heavy (non-hydrogen) atoms. The molecule has 0 saturated carbocycles. The van der Waals surface area contributed by atoms with Crippen LogP contribution in [0.5, 0.6) is 0 Å². The number of hydrogen-bond acceptors (Lipinski definition) is 5. The molecule has 1 atom stereocenters. The average Bonchev–Trinajstić information content (AvgIpc) is 2.79. The van der Waals surface area contributed by atoms with Crippen LogP contribution in [0.15, 0.2) is 48.8 Å². The Hall–Kier alpha value is -2.44. The van der Waals surface area contributed by atoms with E-state index in [1.807, 2.05) is 47.5 Å². The number of hydrogen-bond donors (Lipinski definition) is 0. The van der Waals surface area contributed by atoms with Crippen molar-refractivity contribution in [3.8, 4) is 0 Å². The predicted molar refractivity (Wildman–Crippen MR) is 107 cm³/mol. The van der Waals surface area contributed by atoms with Crippen LogP contribution < -0.4 is 4.90 Å². The molecule has 148 valence electrons. The summed E-state index contributed by atoms with van der Waals surface area (Å²) in [6.45, 7) is 5.00. The lowest BCUT2D eigenvalue weighted by Gasteiger charge is -2.35. The van der Waals surface area contributed by atoms with Gasteiger partial charge in [0, 0.05) is 44.3 Å². The van der Waals surface area contributed by atoms with E-state index in [-0.39, 0.29) is 12.0 Å². The number of likely N-dealkylation sites (tertiary alicyclic amines) is 1. The molecule has 1 unspecified atom stereocenters. The van der Waals surface area contributed by atoms with E-state index >= 15 is 0 Å². The molecule has 2 aliphatic rings. The number of rotatable bonds is 5. The third-order valence-electron chi connectivity index (χ3n) is 5.36. The first-order valence-electron chi connectivity index (χ1n) is 10.0. The smallest absolute Gasteiger partial charge is 0.256 e. The van der Waals surface area contributed by atoms with Crippen LogP contribution in [0.4, 0.5) is 5.69 Å². The highest BCUT2D eigenvalue weighted by molar-refractivity contribution is 6.00. The topological polar surface area (TPSA) is 54.9 Å². The lowest BCUT2D eigenvalue weighted by molar-refractivity contribution is -0.00680. The molecule has 6 heteroatoms. The summed E-state index contributed by atoms with van der Waals surface area (Å²) < 4.78 is 11.5. The van der Waals surface area contributed by atoms with Crippen molar-refractivity contribution >= 4 is 11.6 Å². The van der Waals surface area contributed by atoms with Gasteiger partial charge in [0.05, 0.1) is 31.5 Å². The molecule has 2 aromatic rings. The second-order valence-electron chi connectivity index (χ2n) is 7.30. The zero-order valence-electron chi connectivity index (χ0n) is 16.1. The SMILES string of the molecule is O=C(c1ccccc1N1CCOCC1)N1CCCC(OCc2cccnc2)C1. The Balaban J connectivity index is 1.41. The summed E-state index contributed by atoms with van der Waals surface area (Å²) in [5.41, 5.74) is 2.84. The fourth-order valence-corrected chi connectivity index (χ4v) is 3.86. The van der Waals surface area contributed by atoms with Crippen molar-refractivity contribution in [2.24, 2.45) is 0 Å². The summed E-state index contributed by atoms with van der Waals surface area (Å²) in [4.78, 5) is 21.6. The Morgan fingerprint density at radius 3 is 2.82 bits per heavy atom. The summed E-state index contributed by atoms with van der Waals surface area (Å²) in [5, 5.41) is 0. The first-order valence-corrected chi connectivity index (χ1v) is 10.0. The van der Waals surface area contributed by atoms with Gasteiger partial charge in [0.25, 0.3) is 5.91 Å². The maximum absolute atomic E-state index is 13.3. The Morgan fingerprint density at radius 1 is 1.14 bits per heavy atom. The molecule has 2 fully saturated rings. The van der Waals surface area contributed by atoms with Crippen molar-refractivity contribution < 1.29 is 14.3 Å². The normalized spacial score (nSPS) is 20.2. The highest BCUT2D eigenvalue weighted by Crippen LogP contribution is 2.25. The average molecular weight is 381 g/mol. The van der Waals surface area contributed by atoms with Gasteiger partial charge < -0.3 is 19.3 Å². The lowest BCUT2D eigenvalue weighted by Crippen LogP contribution is -2.44. The van der Waals surface area contributed by atoms with Crippen molar-refractivity contribution in [2.45, 2.75) is 25.6 Å². The molecule has 0 radical (unpaired) electrons. The first kappa shape index (κ1) is 18.9. The van der Waals surface area contributed by atoms with Crippen LogP contribution in [0.25, 0.3) is 0 Å². The van der Waals surface area contributed by atoms with Crippen LogP contribution in [0.3, 0.4) is 0 Å². The van der Waals surface area contributed by atoms with E-state index in [4.69, 9.17) is 9.47 Å². The molecule has 3 heterocycles. The fraction of sp³-hybridized carbons (Fsp3) is 0.455. The minimum absolute atomic E-state index is 0.0634. The summed E-state index contributed by atoms with van der Waals surface area (Å²) in [6.07, 6.45) is 5.59. The molecule has 1 aromatic carbocycles. The summed E-state index contributed by atoms with van der Waals surface area (Å²) in [7, 11) is 0. The maximum atomic E-state index is 13.3. The van der Waals surface area contributed by atoms with E-state index in [0.717, 1.165) is 49.3 Å². The molecule has 0 N–H and O–H groups in total. The van der Waals surface area contributed by atoms with Crippen molar-refractivity contribution in [3.63, 3.8) is 0 Å². The first-order chi connectivity index (χ1) is 13.8. The number of para-hydroxylation sites is 1. The van der Waals surface area contributed by atoms with Gasteiger partial charge in [-0.1, -0.05) is 18.2 Å². The highest BCUT2D eigenvalue weighted by atomic mass is 16.5. The number of carbonyl (C=O) groups is 1. The fourth-order valence-electron chi connectivity index (χ4n) is 3.86. The molecule has 1 aromatic heterocycles. The van der Waals surface area contributed by atoms with Gasteiger partial charge in [0.2, 0.25) is 0 Å². The lowest BCUT2D eigenvalue weighted by atomic mass is 10.0. The molecular formula is C22H27N3O3. The van der Waals surface area contributed by atoms with Crippen LogP contribution in [0, 0.1) is 0 Å². The van der Waals surface area contributed by atoms with Crippen molar-refractivity contribution in [3.05, 3.63) is 59.9 Å². The number of piperidine rings is 1. The minimum Gasteiger partial charge on any atom is -0.378 e. The van der Waals surface area contributed by atoms with Crippen molar-refractivity contribution in [1.29, 1.82) is 0 Å². The highest BCUT2D eigenvalue weighted by Gasteiger charge is 2.27. The van der Waals surface area contributed by atoms with Crippen LogP contribution in [-0.4, -0.2) is 61.3 Å².